The molecule has 0 aliphatic rings. The summed E-state index contributed by atoms with van der Waals surface area (Å²) in [5, 5.41) is 4.41. The molecule has 0 amide bonds. The zero-order valence-electron chi connectivity index (χ0n) is 27.7. The third-order valence-electron chi connectivity index (χ3n) is 9.87. The van der Waals surface area contributed by atoms with Crippen LogP contribution >= 0.6 is 0 Å². The summed E-state index contributed by atoms with van der Waals surface area (Å²) >= 11 is 0. The summed E-state index contributed by atoms with van der Waals surface area (Å²) in [6.07, 6.45) is 0. The van der Waals surface area contributed by atoms with Crippen LogP contribution < -0.4 is 4.90 Å². The second kappa shape index (κ2) is 11.9. The maximum atomic E-state index is 6.39. The summed E-state index contributed by atoms with van der Waals surface area (Å²) in [5.41, 5.74) is 13.6. The van der Waals surface area contributed by atoms with Gasteiger partial charge in [0.25, 0.3) is 0 Å². The van der Waals surface area contributed by atoms with Gasteiger partial charge in [-0.1, -0.05) is 133 Å². The number of fused-ring (bicyclic) bond motifs is 6. The zero-order valence-corrected chi connectivity index (χ0v) is 27.7. The summed E-state index contributed by atoms with van der Waals surface area (Å²) in [6.45, 7) is 0. The lowest BCUT2D eigenvalue weighted by Gasteiger charge is -2.27. The standard InChI is InChI=1S/C48H31NO2/c1-2-12-32(13-3-1)33-26-28-34(29-27-33)35-14-8-16-37(30-35)49(42-21-11-25-46-48(42)41-19-5-7-23-44(41)51-46)38-17-9-15-36(31-38)39-20-10-24-45-47(39)40-18-4-6-22-43(40)50-45/h1-31H. The van der Waals surface area contributed by atoms with Crippen LogP contribution in [0.3, 0.4) is 0 Å². The van der Waals surface area contributed by atoms with Gasteiger partial charge in [-0.15, -0.1) is 0 Å². The van der Waals surface area contributed by atoms with Crippen molar-refractivity contribution in [1.82, 2.24) is 0 Å². The van der Waals surface area contributed by atoms with E-state index in [2.05, 4.69) is 169 Å². The molecular formula is C48H31NO2. The lowest BCUT2D eigenvalue weighted by Crippen LogP contribution is -2.10. The van der Waals surface area contributed by atoms with E-state index in [4.69, 9.17) is 8.83 Å². The molecule has 10 rings (SSSR count). The highest BCUT2D eigenvalue weighted by Gasteiger charge is 2.21. The number of furan rings is 2. The molecule has 0 saturated carbocycles. The topological polar surface area (TPSA) is 29.5 Å². The van der Waals surface area contributed by atoms with Crippen LogP contribution in [0.2, 0.25) is 0 Å². The van der Waals surface area contributed by atoms with Gasteiger partial charge < -0.3 is 13.7 Å². The molecule has 10 aromatic rings. The predicted molar refractivity (Wildman–Crippen MR) is 212 cm³/mol. The number of hydrogen-bond donors (Lipinski definition) is 0. The molecule has 0 atom stereocenters. The van der Waals surface area contributed by atoms with Crippen molar-refractivity contribution in [1.29, 1.82) is 0 Å². The zero-order chi connectivity index (χ0) is 33.7. The molecule has 3 nitrogen and oxygen atoms in total. The number of para-hydroxylation sites is 2. The van der Waals surface area contributed by atoms with Crippen LogP contribution in [0.15, 0.2) is 197 Å². The summed E-state index contributed by atoms with van der Waals surface area (Å²) in [7, 11) is 0. The second-order valence-corrected chi connectivity index (χ2v) is 12.9. The normalized spacial score (nSPS) is 11.5. The molecule has 0 bridgehead atoms. The van der Waals surface area contributed by atoms with Gasteiger partial charge in [-0.3, -0.25) is 0 Å². The Hall–Kier alpha value is -6.84. The van der Waals surface area contributed by atoms with Crippen molar-refractivity contribution in [3.8, 4) is 33.4 Å². The average molecular weight is 654 g/mol. The van der Waals surface area contributed by atoms with Crippen molar-refractivity contribution in [2.45, 2.75) is 0 Å². The highest BCUT2D eigenvalue weighted by Crippen LogP contribution is 2.45. The van der Waals surface area contributed by atoms with E-state index in [1.807, 2.05) is 24.3 Å². The molecule has 0 aliphatic carbocycles. The molecule has 0 unspecified atom stereocenters. The number of nitrogens with zero attached hydrogens (tertiary/aromatic N) is 1. The van der Waals surface area contributed by atoms with Crippen molar-refractivity contribution in [3.05, 3.63) is 188 Å². The summed E-state index contributed by atoms with van der Waals surface area (Å²) in [4.78, 5) is 2.36. The van der Waals surface area contributed by atoms with Crippen molar-refractivity contribution in [2.24, 2.45) is 0 Å². The van der Waals surface area contributed by atoms with Gasteiger partial charge in [-0.25, -0.2) is 0 Å². The number of benzene rings is 8. The molecule has 2 heterocycles. The molecule has 2 aromatic heterocycles. The minimum Gasteiger partial charge on any atom is -0.456 e. The minimum absolute atomic E-state index is 0.858. The Balaban J connectivity index is 1.16. The van der Waals surface area contributed by atoms with Crippen molar-refractivity contribution >= 4 is 60.9 Å². The first kappa shape index (κ1) is 29.1. The summed E-state index contributed by atoms with van der Waals surface area (Å²) in [5.74, 6) is 0. The van der Waals surface area contributed by atoms with Crippen LogP contribution in [0.4, 0.5) is 17.1 Å². The largest absolute Gasteiger partial charge is 0.456 e. The molecule has 0 spiro atoms. The predicted octanol–water partition coefficient (Wildman–Crippen LogP) is 14.0. The number of rotatable bonds is 6. The van der Waals surface area contributed by atoms with Crippen LogP contribution in [0.25, 0.3) is 77.3 Å². The summed E-state index contributed by atoms with van der Waals surface area (Å²) < 4.78 is 12.7. The fourth-order valence-corrected chi connectivity index (χ4v) is 7.51. The molecule has 3 heteroatoms. The van der Waals surface area contributed by atoms with E-state index in [0.29, 0.717) is 0 Å². The van der Waals surface area contributed by atoms with Crippen LogP contribution in [0.5, 0.6) is 0 Å². The quantitative estimate of drug-likeness (QED) is 0.179. The smallest absolute Gasteiger partial charge is 0.137 e. The van der Waals surface area contributed by atoms with Gasteiger partial charge in [-0.05, 0) is 88.0 Å². The highest BCUT2D eigenvalue weighted by molar-refractivity contribution is 6.14. The van der Waals surface area contributed by atoms with E-state index in [-0.39, 0.29) is 0 Å². The first-order chi connectivity index (χ1) is 25.3. The monoisotopic (exact) mass is 653 g/mol. The van der Waals surface area contributed by atoms with Gasteiger partial charge in [0.15, 0.2) is 0 Å². The number of hydrogen-bond acceptors (Lipinski definition) is 3. The average Bonchev–Trinajstić information content (AvgIpc) is 3.78. The van der Waals surface area contributed by atoms with Crippen LogP contribution in [0, 0.1) is 0 Å². The van der Waals surface area contributed by atoms with Crippen molar-refractivity contribution in [2.75, 3.05) is 4.90 Å². The fourth-order valence-electron chi connectivity index (χ4n) is 7.51. The van der Waals surface area contributed by atoms with E-state index in [1.165, 1.54) is 11.1 Å². The third kappa shape index (κ3) is 4.98. The lowest BCUT2D eigenvalue weighted by molar-refractivity contribution is 0.668. The molecule has 51 heavy (non-hydrogen) atoms. The van der Waals surface area contributed by atoms with Gasteiger partial charge >= 0.3 is 0 Å². The first-order valence-corrected chi connectivity index (χ1v) is 17.3. The van der Waals surface area contributed by atoms with E-state index >= 15 is 0 Å². The lowest BCUT2D eigenvalue weighted by atomic mass is 9.98. The Labute approximate surface area is 295 Å². The Bertz CT molecular complexity index is 2860. The highest BCUT2D eigenvalue weighted by atomic mass is 16.3. The SMILES string of the molecule is c1ccc(-c2ccc(-c3cccc(N(c4cccc(-c5cccc6oc7ccccc7c56)c4)c4cccc5oc6ccccc6c45)c3)cc2)cc1. The van der Waals surface area contributed by atoms with Crippen LogP contribution in [0.1, 0.15) is 0 Å². The Morgan fingerprint density at radius 3 is 1.49 bits per heavy atom. The van der Waals surface area contributed by atoms with Gasteiger partial charge in [0.05, 0.1) is 11.1 Å². The molecular weight excluding hydrogens is 623 g/mol. The van der Waals surface area contributed by atoms with Crippen LogP contribution in [-0.4, -0.2) is 0 Å². The maximum Gasteiger partial charge on any atom is 0.137 e. The van der Waals surface area contributed by atoms with Crippen LogP contribution in [-0.2, 0) is 0 Å². The van der Waals surface area contributed by atoms with E-state index in [9.17, 15) is 0 Å². The van der Waals surface area contributed by atoms with E-state index in [1.54, 1.807) is 0 Å². The molecule has 240 valence electrons. The van der Waals surface area contributed by atoms with E-state index < -0.39 is 0 Å². The maximum absolute atomic E-state index is 6.39. The third-order valence-corrected chi connectivity index (χ3v) is 9.87. The number of anilines is 3. The molecule has 0 fully saturated rings. The van der Waals surface area contributed by atoms with Gasteiger partial charge in [-0.2, -0.15) is 0 Å². The fraction of sp³-hybridized carbons (Fsp3) is 0. The molecule has 0 N–H and O–H groups in total. The molecule has 0 aliphatic heterocycles. The molecule has 8 aromatic carbocycles. The Morgan fingerprint density at radius 2 is 0.784 bits per heavy atom. The van der Waals surface area contributed by atoms with Crippen molar-refractivity contribution in [3.63, 3.8) is 0 Å². The van der Waals surface area contributed by atoms with Gasteiger partial charge in [0.1, 0.15) is 22.3 Å². The Morgan fingerprint density at radius 1 is 0.314 bits per heavy atom. The second-order valence-electron chi connectivity index (χ2n) is 12.9. The van der Waals surface area contributed by atoms with Gasteiger partial charge in [0.2, 0.25) is 0 Å². The Kier molecular flexibility index (Phi) is 6.81. The van der Waals surface area contributed by atoms with Crippen molar-refractivity contribution < 1.29 is 8.83 Å². The van der Waals surface area contributed by atoms with E-state index in [0.717, 1.165) is 83.2 Å². The summed E-state index contributed by atoms with van der Waals surface area (Å²) in [6, 6.07) is 66.2. The first-order valence-electron chi connectivity index (χ1n) is 17.3. The minimum atomic E-state index is 0.858. The molecule has 0 saturated heterocycles. The van der Waals surface area contributed by atoms with Gasteiger partial charge in [0, 0.05) is 27.5 Å². The molecule has 0 radical (unpaired) electrons.